The fourth-order valence-electron chi connectivity index (χ4n) is 0.461. The zero-order valence-corrected chi connectivity index (χ0v) is 4.68. The van der Waals surface area contributed by atoms with Crippen molar-refractivity contribution in [3.8, 4) is 6.07 Å². The van der Waals surface area contributed by atoms with Crippen LogP contribution in [0.4, 0.5) is 5.69 Å². The summed E-state index contributed by atoms with van der Waals surface area (Å²) in [5.74, 6) is 0. The number of rotatable bonds is 0. The lowest BCUT2D eigenvalue weighted by Gasteiger charge is -1.81. The quantitative estimate of drug-likeness (QED) is 0.543. The summed E-state index contributed by atoms with van der Waals surface area (Å²) in [6.45, 7) is 0. The molecule has 0 bridgehead atoms. The molecule has 0 aliphatic heterocycles. The van der Waals surface area contributed by atoms with Crippen molar-refractivity contribution in [3.05, 3.63) is 29.8 Å². The van der Waals surface area contributed by atoms with E-state index in [0.717, 1.165) is 0 Å². The monoisotopic (exact) mass is 116 g/mol. The molecule has 0 heterocycles. The van der Waals surface area contributed by atoms with Crippen LogP contribution < -0.4 is 5.73 Å². The highest BCUT2D eigenvalue weighted by molar-refractivity contribution is 5.37. The molecule has 2 nitrogen and oxygen atoms in total. The van der Waals surface area contributed by atoms with Crippen LogP contribution in [-0.4, -0.2) is 0 Å². The third-order valence-corrected chi connectivity index (χ3v) is 0.892. The van der Waals surface area contributed by atoms with Crippen LogP contribution in [-0.2, 0) is 0 Å². The van der Waals surface area contributed by atoms with E-state index in [9.17, 15) is 0 Å². The lowest BCUT2D eigenvalue weighted by Crippen LogP contribution is -1.80. The fraction of sp³-hybridized carbons (Fsp3) is 0. The predicted molar refractivity (Wildman–Crippen MR) is 33.2 cm³/mol. The van der Waals surface area contributed by atoms with E-state index in [1.807, 2.05) is 6.07 Å². The van der Waals surface area contributed by atoms with Crippen LogP contribution in [0.5, 0.6) is 0 Å². The van der Waals surface area contributed by atoms with Crippen LogP contribution in [0.2, 0.25) is 0 Å². The molecular formula is C7H4N2. The standard InChI is InChI=1S/C7H4N2/c8-5-6-1-3-7(9)4-2-6/h1,3H,9H2. The maximum absolute atomic E-state index is 8.29. The van der Waals surface area contributed by atoms with E-state index in [2.05, 4.69) is 12.1 Å². The molecule has 1 aromatic rings. The van der Waals surface area contributed by atoms with Gasteiger partial charge >= 0.3 is 0 Å². The molecule has 0 unspecified atom stereocenters. The van der Waals surface area contributed by atoms with Crippen LogP contribution in [0, 0.1) is 23.5 Å². The Kier molecular flexibility index (Phi) is 1.25. The molecule has 42 valence electrons. The Hall–Kier alpha value is -1.67. The Bertz CT molecular complexity index is 230. The highest BCUT2D eigenvalue weighted by Gasteiger charge is 1.83. The first-order chi connectivity index (χ1) is 4.33. The number of hydrogen-bond acceptors (Lipinski definition) is 2. The van der Waals surface area contributed by atoms with Gasteiger partial charge in [-0.15, -0.1) is 0 Å². The SMILES string of the molecule is N#Cc1c#cc(N)cc1. The van der Waals surface area contributed by atoms with Gasteiger partial charge < -0.3 is 5.73 Å². The first-order valence-electron chi connectivity index (χ1n) is 2.42. The minimum Gasteiger partial charge on any atom is -0.392 e. The van der Waals surface area contributed by atoms with E-state index in [1.54, 1.807) is 12.1 Å². The zero-order chi connectivity index (χ0) is 6.69. The van der Waals surface area contributed by atoms with Gasteiger partial charge in [0.2, 0.25) is 0 Å². The van der Waals surface area contributed by atoms with Gasteiger partial charge in [0.05, 0.1) is 5.69 Å². The Balaban J connectivity index is 3.06. The maximum Gasteiger partial charge on any atom is 0.108 e. The average molecular weight is 116 g/mol. The molecule has 0 amide bonds. The third kappa shape index (κ3) is 1.11. The molecule has 1 aromatic carbocycles. The third-order valence-electron chi connectivity index (χ3n) is 0.892. The summed E-state index contributed by atoms with van der Waals surface area (Å²) < 4.78 is 0. The maximum atomic E-state index is 8.29. The summed E-state index contributed by atoms with van der Waals surface area (Å²) in [6, 6.07) is 10.3. The smallest absolute Gasteiger partial charge is 0.108 e. The zero-order valence-electron chi connectivity index (χ0n) is 4.68. The van der Waals surface area contributed by atoms with Gasteiger partial charge in [0.25, 0.3) is 0 Å². The second-order valence-corrected chi connectivity index (χ2v) is 1.56. The second kappa shape index (κ2) is 2.07. The Morgan fingerprint density at radius 1 is 1.44 bits per heavy atom. The molecule has 0 radical (unpaired) electrons. The molecule has 2 heteroatoms. The van der Waals surface area contributed by atoms with Crippen LogP contribution in [0.15, 0.2) is 12.1 Å². The molecule has 0 saturated heterocycles. The molecule has 2 N–H and O–H groups in total. The Morgan fingerprint density at radius 2 is 2.22 bits per heavy atom. The van der Waals surface area contributed by atoms with Gasteiger partial charge in [0, 0.05) is 0 Å². The summed E-state index contributed by atoms with van der Waals surface area (Å²) in [6.07, 6.45) is 0. The van der Waals surface area contributed by atoms with Crippen molar-refractivity contribution < 1.29 is 0 Å². The van der Waals surface area contributed by atoms with Gasteiger partial charge in [-0.2, -0.15) is 5.26 Å². The summed E-state index contributed by atoms with van der Waals surface area (Å²) in [7, 11) is 0. The summed E-state index contributed by atoms with van der Waals surface area (Å²) in [5, 5.41) is 8.29. The van der Waals surface area contributed by atoms with Crippen LogP contribution in [0.3, 0.4) is 0 Å². The molecule has 0 aliphatic rings. The molecule has 0 aliphatic carbocycles. The minimum absolute atomic E-state index is 0.462. The molecular weight excluding hydrogens is 112 g/mol. The fourth-order valence-corrected chi connectivity index (χ4v) is 0.461. The molecule has 0 atom stereocenters. The number of nitrogens with two attached hydrogens (primary N) is 1. The van der Waals surface area contributed by atoms with Crippen molar-refractivity contribution in [3.63, 3.8) is 0 Å². The second-order valence-electron chi connectivity index (χ2n) is 1.56. The topological polar surface area (TPSA) is 49.8 Å². The molecule has 1 rings (SSSR count). The van der Waals surface area contributed by atoms with Crippen LogP contribution in [0.25, 0.3) is 0 Å². The highest BCUT2D eigenvalue weighted by atomic mass is 14.5. The van der Waals surface area contributed by atoms with Gasteiger partial charge in [0.1, 0.15) is 11.6 Å². The van der Waals surface area contributed by atoms with Crippen molar-refractivity contribution in [2.75, 3.05) is 5.73 Å². The van der Waals surface area contributed by atoms with E-state index in [1.165, 1.54) is 0 Å². The average Bonchev–Trinajstić information content (AvgIpc) is 1.90. The van der Waals surface area contributed by atoms with E-state index in [4.69, 9.17) is 11.0 Å². The van der Waals surface area contributed by atoms with Crippen molar-refractivity contribution in [2.24, 2.45) is 0 Å². The molecule has 9 heavy (non-hydrogen) atoms. The number of hydrogen-bond donors (Lipinski definition) is 1. The van der Waals surface area contributed by atoms with E-state index in [-0.39, 0.29) is 0 Å². The van der Waals surface area contributed by atoms with Gasteiger partial charge in [0.15, 0.2) is 0 Å². The minimum atomic E-state index is 0.462. The lowest BCUT2D eigenvalue weighted by atomic mass is 10.3. The van der Waals surface area contributed by atoms with Crippen molar-refractivity contribution in [1.82, 2.24) is 0 Å². The van der Waals surface area contributed by atoms with Gasteiger partial charge in [-0.1, -0.05) is 0 Å². The van der Waals surface area contributed by atoms with Crippen molar-refractivity contribution >= 4 is 5.69 Å². The van der Waals surface area contributed by atoms with Crippen molar-refractivity contribution in [2.45, 2.75) is 0 Å². The molecule has 0 aromatic heterocycles. The van der Waals surface area contributed by atoms with Crippen molar-refractivity contribution in [1.29, 1.82) is 5.26 Å². The highest BCUT2D eigenvalue weighted by Crippen LogP contribution is 1.96. The Morgan fingerprint density at radius 3 is 2.67 bits per heavy atom. The number of nitrogens with zero attached hydrogens (tertiary/aromatic N) is 1. The number of nitrogen functional groups attached to an aromatic ring is 1. The Labute approximate surface area is 53.5 Å². The van der Waals surface area contributed by atoms with E-state index in [0.29, 0.717) is 11.3 Å². The molecule has 0 spiro atoms. The molecule has 0 saturated carbocycles. The molecule has 0 fully saturated rings. The first kappa shape index (κ1) is 5.47. The summed E-state index contributed by atoms with van der Waals surface area (Å²) in [5.41, 5.74) is 6.26. The number of nitriles is 1. The van der Waals surface area contributed by atoms with Gasteiger partial charge in [-0.3, -0.25) is 0 Å². The van der Waals surface area contributed by atoms with E-state index >= 15 is 0 Å². The largest absolute Gasteiger partial charge is 0.392 e. The van der Waals surface area contributed by atoms with Crippen LogP contribution >= 0.6 is 0 Å². The van der Waals surface area contributed by atoms with E-state index < -0.39 is 0 Å². The van der Waals surface area contributed by atoms with Crippen LogP contribution in [0.1, 0.15) is 5.56 Å². The summed E-state index contributed by atoms with van der Waals surface area (Å²) >= 11 is 0. The first-order valence-corrected chi connectivity index (χ1v) is 2.42. The predicted octanol–water partition coefficient (Wildman–Crippen LogP) is 0.741. The van der Waals surface area contributed by atoms with Gasteiger partial charge in [-0.25, -0.2) is 0 Å². The number of anilines is 1. The normalized spacial score (nSPS) is 7.44. The summed E-state index contributed by atoms with van der Waals surface area (Å²) in [4.78, 5) is 0. The lowest BCUT2D eigenvalue weighted by molar-refractivity contribution is 1.49. The van der Waals surface area contributed by atoms with Gasteiger partial charge in [-0.05, 0) is 24.3 Å².